The maximum Gasteiger partial charge on any atom is 0.216 e. The van der Waals surface area contributed by atoms with Gasteiger partial charge in [0.25, 0.3) is 0 Å². The van der Waals surface area contributed by atoms with E-state index < -0.39 is 0 Å². The quantitative estimate of drug-likeness (QED) is 0.422. The summed E-state index contributed by atoms with van der Waals surface area (Å²) in [5.41, 5.74) is 2.03. The summed E-state index contributed by atoms with van der Waals surface area (Å²) in [6.07, 6.45) is 2.30. The molecule has 0 amide bonds. The summed E-state index contributed by atoms with van der Waals surface area (Å²) in [6.45, 7) is 0. The Balaban J connectivity index is 1.68. The van der Waals surface area contributed by atoms with Crippen LogP contribution in [0.5, 0.6) is 5.75 Å². The van der Waals surface area contributed by atoms with Gasteiger partial charge >= 0.3 is 0 Å². The highest BCUT2D eigenvalue weighted by Gasteiger charge is 2.08. The van der Waals surface area contributed by atoms with Gasteiger partial charge < -0.3 is 5.11 Å². The molecule has 2 N–H and O–H groups in total. The molecule has 3 aromatic carbocycles. The van der Waals surface area contributed by atoms with Gasteiger partial charge in [-0.3, -0.25) is 5.10 Å². The number of aromatic nitrogens is 3. The fourth-order valence-electron chi connectivity index (χ4n) is 2.86. The van der Waals surface area contributed by atoms with E-state index in [0.717, 1.165) is 17.0 Å². The molecule has 0 saturated carbocycles. The SMILES string of the molecule is Oc1ccc(C=Nn2c(Cc3cccc4ccccc34)n[nH]c2=S)cc1. The molecule has 4 rings (SSSR count). The van der Waals surface area contributed by atoms with E-state index in [1.165, 1.54) is 10.8 Å². The number of hydrogen-bond acceptors (Lipinski definition) is 4. The van der Waals surface area contributed by atoms with Crippen LogP contribution >= 0.6 is 12.2 Å². The zero-order valence-corrected chi connectivity index (χ0v) is 14.6. The topological polar surface area (TPSA) is 66.2 Å². The Hall–Kier alpha value is -3.25. The predicted octanol–water partition coefficient (Wildman–Crippen LogP) is 4.27. The molecule has 0 spiro atoms. The fraction of sp³-hybridized carbons (Fsp3) is 0.0500. The first-order chi connectivity index (χ1) is 12.7. The number of aromatic hydroxyl groups is 1. The standard InChI is InChI=1S/C20H16N4OS/c25-17-10-8-14(9-11-17)13-21-24-19(22-23-20(24)26)12-16-6-3-5-15-4-1-2-7-18(15)16/h1-11,13,25H,12H2,(H,23,26). The molecule has 0 radical (unpaired) electrons. The summed E-state index contributed by atoms with van der Waals surface area (Å²) >= 11 is 5.31. The monoisotopic (exact) mass is 360 g/mol. The molecule has 0 aliphatic rings. The number of rotatable bonds is 4. The lowest BCUT2D eigenvalue weighted by Gasteiger charge is -2.06. The molecule has 4 aromatic rings. The number of phenols is 1. The van der Waals surface area contributed by atoms with E-state index in [-0.39, 0.29) is 5.75 Å². The number of nitrogens with zero attached hydrogens (tertiary/aromatic N) is 3. The van der Waals surface area contributed by atoms with Gasteiger partial charge in [0.2, 0.25) is 4.77 Å². The minimum absolute atomic E-state index is 0.221. The highest BCUT2D eigenvalue weighted by atomic mass is 32.1. The number of benzene rings is 3. The van der Waals surface area contributed by atoms with E-state index in [1.54, 1.807) is 35.2 Å². The van der Waals surface area contributed by atoms with Crippen LogP contribution in [0.15, 0.2) is 71.8 Å². The zero-order chi connectivity index (χ0) is 17.9. The molecule has 128 valence electrons. The predicted molar refractivity (Wildman–Crippen MR) is 105 cm³/mol. The first-order valence-electron chi connectivity index (χ1n) is 8.17. The maximum atomic E-state index is 9.37. The summed E-state index contributed by atoms with van der Waals surface area (Å²) < 4.78 is 2.07. The molecule has 0 bridgehead atoms. The molecule has 1 aromatic heterocycles. The molecule has 0 aliphatic heterocycles. The van der Waals surface area contributed by atoms with Gasteiger partial charge in [-0.1, -0.05) is 42.5 Å². The molecule has 0 fully saturated rings. The van der Waals surface area contributed by atoms with Crippen molar-refractivity contribution in [3.05, 3.63) is 88.5 Å². The zero-order valence-electron chi connectivity index (χ0n) is 13.8. The Bertz CT molecular complexity index is 1140. The third-order valence-electron chi connectivity index (χ3n) is 4.16. The highest BCUT2D eigenvalue weighted by molar-refractivity contribution is 7.71. The van der Waals surface area contributed by atoms with Crippen molar-refractivity contribution in [3.8, 4) is 5.75 Å². The second kappa shape index (κ2) is 6.93. The van der Waals surface area contributed by atoms with Crippen molar-refractivity contribution in [3.63, 3.8) is 0 Å². The molecule has 1 heterocycles. The van der Waals surface area contributed by atoms with Gasteiger partial charge in [-0.15, -0.1) is 0 Å². The van der Waals surface area contributed by atoms with Crippen molar-refractivity contribution in [2.75, 3.05) is 0 Å². The Morgan fingerprint density at radius 2 is 1.81 bits per heavy atom. The van der Waals surface area contributed by atoms with Crippen LogP contribution in [0.25, 0.3) is 10.8 Å². The lowest BCUT2D eigenvalue weighted by molar-refractivity contribution is 0.475. The summed E-state index contributed by atoms with van der Waals surface area (Å²) in [5, 5.41) is 23.4. The Labute approximate surface area is 155 Å². The molecule has 6 heteroatoms. The van der Waals surface area contributed by atoms with Crippen molar-refractivity contribution in [2.24, 2.45) is 5.10 Å². The second-order valence-corrected chi connectivity index (χ2v) is 6.29. The number of nitrogens with one attached hydrogen (secondary N) is 1. The van der Waals surface area contributed by atoms with Crippen LogP contribution in [0.2, 0.25) is 0 Å². The lowest BCUT2D eigenvalue weighted by atomic mass is 10.0. The Kier molecular flexibility index (Phi) is 4.33. The van der Waals surface area contributed by atoms with E-state index in [1.807, 2.05) is 18.2 Å². The number of H-pyrrole nitrogens is 1. The average Bonchev–Trinajstić information content (AvgIpc) is 3.01. The number of phenolic OH excluding ortho intramolecular Hbond substituents is 1. The molecule has 0 saturated heterocycles. The Morgan fingerprint density at radius 3 is 2.65 bits per heavy atom. The Morgan fingerprint density at radius 1 is 1.04 bits per heavy atom. The fourth-order valence-corrected chi connectivity index (χ4v) is 3.06. The van der Waals surface area contributed by atoms with Crippen LogP contribution in [0.4, 0.5) is 0 Å². The van der Waals surface area contributed by atoms with Crippen LogP contribution in [0, 0.1) is 4.77 Å². The van der Waals surface area contributed by atoms with E-state index in [0.29, 0.717) is 11.2 Å². The molecule has 0 aliphatic carbocycles. The van der Waals surface area contributed by atoms with Crippen LogP contribution in [0.1, 0.15) is 17.0 Å². The highest BCUT2D eigenvalue weighted by Crippen LogP contribution is 2.20. The van der Waals surface area contributed by atoms with Crippen LogP contribution in [0.3, 0.4) is 0 Å². The minimum Gasteiger partial charge on any atom is -0.508 e. The van der Waals surface area contributed by atoms with E-state index in [2.05, 4.69) is 39.6 Å². The normalized spacial score (nSPS) is 11.4. The molecular formula is C20H16N4OS. The number of aromatic amines is 1. The minimum atomic E-state index is 0.221. The van der Waals surface area contributed by atoms with Gasteiger partial charge in [0, 0.05) is 6.42 Å². The van der Waals surface area contributed by atoms with Gasteiger partial charge in [-0.25, -0.2) is 0 Å². The summed E-state index contributed by atoms with van der Waals surface area (Å²) in [4.78, 5) is 0. The average molecular weight is 360 g/mol. The number of fused-ring (bicyclic) bond motifs is 1. The largest absolute Gasteiger partial charge is 0.508 e. The van der Waals surface area contributed by atoms with Crippen LogP contribution in [-0.2, 0) is 6.42 Å². The molecule has 26 heavy (non-hydrogen) atoms. The van der Waals surface area contributed by atoms with Crippen LogP contribution < -0.4 is 0 Å². The summed E-state index contributed by atoms with van der Waals surface area (Å²) in [6, 6.07) is 21.3. The molecular weight excluding hydrogens is 344 g/mol. The third-order valence-corrected chi connectivity index (χ3v) is 4.43. The summed E-state index contributed by atoms with van der Waals surface area (Å²) in [7, 11) is 0. The van der Waals surface area contributed by atoms with Crippen molar-refractivity contribution in [1.82, 2.24) is 14.9 Å². The van der Waals surface area contributed by atoms with Crippen molar-refractivity contribution in [2.45, 2.75) is 6.42 Å². The smallest absolute Gasteiger partial charge is 0.216 e. The van der Waals surface area contributed by atoms with Crippen molar-refractivity contribution in [1.29, 1.82) is 0 Å². The second-order valence-electron chi connectivity index (χ2n) is 5.91. The van der Waals surface area contributed by atoms with E-state index >= 15 is 0 Å². The maximum absolute atomic E-state index is 9.37. The van der Waals surface area contributed by atoms with Crippen LogP contribution in [-0.4, -0.2) is 26.2 Å². The van der Waals surface area contributed by atoms with Gasteiger partial charge in [-0.2, -0.15) is 14.9 Å². The third kappa shape index (κ3) is 3.27. The van der Waals surface area contributed by atoms with Gasteiger partial charge in [-0.05, 0) is 58.4 Å². The van der Waals surface area contributed by atoms with E-state index in [9.17, 15) is 5.11 Å². The van der Waals surface area contributed by atoms with Crippen molar-refractivity contribution >= 4 is 29.2 Å². The molecule has 0 unspecified atom stereocenters. The van der Waals surface area contributed by atoms with Crippen molar-refractivity contribution < 1.29 is 5.11 Å². The first-order valence-corrected chi connectivity index (χ1v) is 8.58. The van der Waals surface area contributed by atoms with Gasteiger partial charge in [0.05, 0.1) is 6.21 Å². The summed E-state index contributed by atoms with van der Waals surface area (Å²) in [5.74, 6) is 0.958. The number of hydrogen-bond donors (Lipinski definition) is 2. The molecule has 0 atom stereocenters. The van der Waals surface area contributed by atoms with Gasteiger partial charge in [0.1, 0.15) is 5.75 Å². The van der Waals surface area contributed by atoms with Gasteiger partial charge in [0.15, 0.2) is 5.82 Å². The molecule has 5 nitrogen and oxygen atoms in total. The van der Waals surface area contributed by atoms with E-state index in [4.69, 9.17) is 12.2 Å². The first kappa shape index (κ1) is 16.2. The lowest BCUT2D eigenvalue weighted by Crippen LogP contribution is -2.01.